The number of hydrogen-bond acceptors (Lipinski definition) is 7. The number of fused-ring (bicyclic) bond motifs is 1. The average Bonchev–Trinajstić information content (AvgIpc) is 3.08. The fourth-order valence-electron chi connectivity index (χ4n) is 3.82. The lowest BCUT2D eigenvalue weighted by atomic mass is 9.95. The Morgan fingerprint density at radius 3 is 2.68 bits per heavy atom. The van der Waals surface area contributed by atoms with Crippen LogP contribution in [0.2, 0.25) is 0 Å². The molecule has 0 spiro atoms. The Labute approximate surface area is 208 Å². The number of aromatic hydroxyl groups is 1. The molecule has 0 saturated heterocycles. The zero-order valence-electron chi connectivity index (χ0n) is 19.0. The van der Waals surface area contributed by atoms with E-state index < -0.39 is 12.0 Å². The number of phenols is 1. The molecular weight excluding hydrogens is 520 g/mol. The number of para-hydroxylation sites is 1. The summed E-state index contributed by atoms with van der Waals surface area (Å²) in [5, 5.41) is 10.2. The Kier molecular flexibility index (Phi) is 6.77. The number of carbonyl (C=O) groups excluding carboxylic acids is 1. The van der Waals surface area contributed by atoms with Crippen LogP contribution in [0.25, 0.3) is 6.08 Å². The molecule has 1 aliphatic rings. The number of halogens is 1. The molecule has 2 heterocycles. The van der Waals surface area contributed by atoms with Gasteiger partial charge in [-0.05, 0) is 51.1 Å². The molecule has 0 radical (unpaired) electrons. The van der Waals surface area contributed by atoms with Crippen molar-refractivity contribution in [1.82, 2.24) is 4.57 Å². The van der Waals surface area contributed by atoms with Crippen molar-refractivity contribution in [1.29, 1.82) is 0 Å². The molecule has 1 atom stereocenters. The Hall–Kier alpha value is -3.17. The van der Waals surface area contributed by atoms with Crippen LogP contribution in [0.15, 0.2) is 68.0 Å². The summed E-state index contributed by atoms with van der Waals surface area (Å²) < 4.78 is 13.8. The van der Waals surface area contributed by atoms with Gasteiger partial charge in [0.25, 0.3) is 5.56 Å². The number of benzene rings is 2. The first-order valence-electron chi connectivity index (χ1n) is 10.6. The largest absolute Gasteiger partial charge is 0.507 e. The lowest BCUT2D eigenvalue weighted by Gasteiger charge is -2.26. The van der Waals surface area contributed by atoms with E-state index in [1.165, 1.54) is 23.0 Å². The van der Waals surface area contributed by atoms with E-state index in [4.69, 9.17) is 9.47 Å². The van der Waals surface area contributed by atoms with Crippen LogP contribution in [0.3, 0.4) is 0 Å². The molecule has 34 heavy (non-hydrogen) atoms. The van der Waals surface area contributed by atoms with E-state index >= 15 is 0 Å². The Morgan fingerprint density at radius 1 is 1.26 bits per heavy atom. The first kappa shape index (κ1) is 24.0. The van der Waals surface area contributed by atoms with Crippen LogP contribution in [0.4, 0.5) is 0 Å². The number of methoxy groups -OCH3 is 1. The number of aromatic nitrogens is 1. The summed E-state index contributed by atoms with van der Waals surface area (Å²) in [6, 6.07) is 11.4. The highest BCUT2D eigenvalue weighted by Gasteiger charge is 2.35. The van der Waals surface area contributed by atoms with Crippen LogP contribution in [0, 0.1) is 0 Å². The number of allylic oxidation sites excluding steroid dienone is 1. The third-order valence-corrected chi connectivity index (χ3v) is 6.77. The summed E-state index contributed by atoms with van der Waals surface area (Å²) in [6.45, 7) is 5.27. The maximum absolute atomic E-state index is 13.7. The van der Waals surface area contributed by atoms with E-state index in [-0.39, 0.29) is 23.0 Å². The third kappa shape index (κ3) is 4.45. The van der Waals surface area contributed by atoms with Gasteiger partial charge < -0.3 is 14.6 Å². The van der Waals surface area contributed by atoms with Crippen LogP contribution in [0.5, 0.6) is 11.5 Å². The van der Waals surface area contributed by atoms with E-state index in [1.807, 2.05) is 12.1 Å². The Bertz CT molecular complexity index is 1490. The first-order valence-corrected chi connectivity index (χ1v) is 12.2. The molecule has 2 aromatic carbocycles. The molecule has 3 aromatic rings. The van der Waals surface area contributed by atoms with Crippen molar-refractivity contribution < 1.29 is 19.4 Å². The van der Waals surface area contributed by atoms with Gasteiger partial charge in [-0.3, -0.25) is 9.36 Å². The van der Waals surface area contributed by atoms with Gasteiger partial charge in [0.15, 0.2) is 4.80 Å². The highest BCUT2D eigenvalue weighted by molar-refractivity contribution is 9.10. The molecule has 176 valence electrons. The second-order valence-corrected chi connectivity index (χ2v) is 9.91. The number of ether oxygens (including phenoxy) is 2. The summed E-state index contributed by atoms with van der Waals surface area (Å²) in [4.78, 5) is 31.9. The molecule has 1 aliphatic heterocycles. The zero-order valence-corrected chi connectivity index (χ0v) is 21.4. The minimum atomic E-state index is -0.804. The number of carbonyl (C=O) groups is 1. The van der Waals surface area contributed by atoms with E-state index in [1.54, 1.807) is 57.2 Å². The SMILES string of the molecule is COc1ccc(Br)cc1[C@@H]1C(C(=O)OC(C)C)=C(C)N=c2s/c(=C\c3ccccc3O)c(=O)n21. The summed E-state index contributed by atoms with van der Waals surface area (Å²) in [6.07, 6.45) is 1.28. The zero-order chi connectivity index (χ0) is 24.6. The van der Waals surface area contributed by atoms with Crippen LogP contribution in [-0.2, 0) is 9.53 Å². The van der Waals surface area contributed by atoms with Gasteiger partial charge in [-0.15, -0.1) is 0 Å². The Morgan fingerprint density at radius 2 is 2.00 bits per heavy atom. The van der Waals surface area contributed by atoms with Crippen molar-refractivity contribution in [3.63, 3.8) is 0 Å². The summed E-state index contributed by atoms with van der Waals surface area (Å²) in [5.74, 6) is 0.0437. The highest BCUT2D eigenvalue weighted by atomic mass is 79.9. The second kappa shape index (κ2) is 9.60. The normalized spacial score (nSPS) is 15.8. The number of rotatable bonds is 5. The number of phenolic OH excluding ortho intramolecular Hbond substituents is 1. The number of hydrogen-bond donors (Lipinski definition) is 1. The molecule has 0 bridgehead atoms. The topological polar surface area (TPSA) is 90.1 Å². The van der Waals surface area contributed by atoms with Crippen LogP contribution in [0.1, 0.15) is 37.9 Å². The fraction of sp³-hybridized carbons (Fsp3) is 0.240. The predicted molar refractivity (Wildman–Crippen MR) is 134 cm³/mol. The van der Waals surface area contributed by atoms with Crippen molar-refractivity contribution in [3.05, 3.63) is 89.0 Å². The number of thiazole rings is 1. The van der Waals surface area contributed by atoms with Gasteiger partial charge in [-0.1, -0.05) is 45.5 Å². The van der Waals surface area contributed by atoms with Crippen molar-refractivity contribution >= 4 is 39.3 Å². The van der Waals surface area contributed by atoms with Crippen molar-refractivity contribution in [2.24, 2.45) is 4.99 Å². The minimum absolute atomic E-state index is 0.0657. The molecule has 0 amide bonds. The monoisotopic (exact) mass is 542 g/mol. The van der Waals surface area contributed by atoms with Gasteiger partial charge in [0, 0.05) is 15.6 Å². The van der Waals surface area contributed by atoms with E-state index in [2.05, 4.69) is 20.9 Å². The molecule has 1 aromatic heterocycles. The first-order chi connectivity index (χ1) is 16.2. The van der Waals surface area contributed by atoms with Crippen LogP contribution in [-0.4, -0.2) is 28.9 Å². The van der Waals surface area contributed by atoms with Gasteiger partial charge >= 0.3 is 5.97 Å². The number of esters is 1. The molecular formula is C25H23BrN2O5S. The smallest absolute Gasteiger partial charge is 0.338 e. The highest BCUT2D eigenvalue weighted by Crippen LogP contribution is 2.37. The fourth-order valence-corrected chi connectivity index (χ4v) is 5.24. The maximum Gasteiger partial charge on any atom is 0.338 e. The summed E-state index contributed by atoms with van der Waals surface area (Å²) >= 11 is 4.68. The predicted octanol–water partition coefficient (Wildman–Crippen LogP) is 3.66. The Balaban J connectivity index is 2.02. The van der Waals surface area contributed by atoms with Gasteiger partial charge in [-0.2, -0.15) is 0 Å². The lowest BCUT2D eigenvalue weighted by Crippen LogP contribution is -2.40. The maximum atomic E-state index is 13.7. The molecule has 0 unspecified atom stereocenters. The lowest BCUT2D eigenvalue weighted by molar-refractivity contribution is -0.143. The molecule has 9 heteroatoms. The quantitative estimate of drug-likeness (QED) is 0.497. The standard InChI is InChI=1S/C25H23BrN2O5S/c1-13(2)33-24(31)21-14(3)27-25-28(22(21)17-12-16(26)9-10-19(17)32-4)23(30)20(34-25)11-15-7-5-6-8-18(15)29/h5-13,22,29H,1-4H3/b20-11-/t22-/m1/s1. The molecule has 7 nitrogen and oxygen atoms in total. The van der Waals surface area contributed by atoms with E-state index in [0.717, 1.165) is 4.47 Å². The second-order valence-electron chi connectivity index (χ2n) is 7.98. The summed E-state index contributed by atoms with van der Waals surface area (Å²) in [7, 11) is 1.54. The van der Waals surface area contributed by atoms with Gasteiger partial charge in [0.2, 0.25) is 0 Å². The van der Waals surface area contributed by atoms with Crippen LogP contribution >= 0.6 is 27.3 Å². The number of nitrogens with zero attached hydrogens (tertiary/aromatic N) is 2. The van der Waals surface area contributed by atoms with E-state index in [0.29, 0.717) is 31.9 Å². The summed E-state index contributed by atoms with van der Waals surface area (Å²) in [5.41, 5.74) is 1.54. The molecule has 1 N–H and O–H groups in total. The van der Waals surface area contributed by atoms with Gasteiger partial charge in [0.05, 0.1) is 29.0 Å². The van der Waals surface area contributed by atoms with Gasteiger partial charge in [0.1, 0.15) is 17.5 Å². The minimum Gasteiger partial charge on any atom is -0.507 e. The van der Waals surface area contributed by atoms with Crippen LogP contribution < -0.4 is 19.6 Å². The average molecular weight is 543 g/mol. The van der Waals surface area contributed by atoms with Crippen molar-refractivity contribution in [2.75, 3.05) is 7.11 Å². The van der Waals surface area contributed by atoms with Gasteiger partial charge in [-0.25, -0.2) is 9.79 Å². The third-order valence-electron chi connectivity index (χ3n) is 5.29. The van der Waals surface area contributed by atoms with Crippen molar-refractivity contribution in [3.8, 4) is 11.5 Å². The van der Waals surface area contributed by atoms with E-state index in [9.17, 15) is 14.7 Å². The molecule has 0 aliphatic carbocycles. The molecule has 0 saturated carbocycles. The molecule has 4 rings (SSSR count). The molecule has 0 fully saturated rings. The van der Waals surface area contributed by atoms with Crippen molar-refractivity contribution in [2.45, 2.75) is 32.9 Å².